The van der Waals surface area contributed by atoms with E-state index in [4.69, 9.17) is 0 Å². The summed E-state index contributed by atoms with van der Waals surface area (Å²) in [6.07, 6.45) is 9.22. The summed E-state index contributed by atoms with van der Waals surface area (Å²) < 4.78 is 0. The highest BCUT2D eigenvalue weighted by molar-refractivity contribution is 5.86. The van der Waals surface area contributed by atoms with Gasteiger partial charge in [-0.25, -0.2) is 5.43 Å². The molecule has 0 saturated heterocycles. The summed E-state index contributed by atoms with van der Waals surface area (Å²) in [6, 6.07) is 3.69. The SMILES string of the molecule is O=C(CC12CC3CC(CC(C3)C1)C2)N/N=C\c1cc([N+](=O)[O-])ccc1O. The Kier molecular flexibility index (Phi) is 4.17. The lowest BCUT2D eigenvalue weighted by Gasteiger charge is -2.56. The van der Waals surface area contributed by atoms with Gasteiger partial charge in [-0.3, -0.25) is 14.9 Å². The van der Waals surface area contributed by atoms with Gasteiger partial charge in [0, 0.05) is 24.1 Å². The number of aromatic hydroxyl groups is 1. The van der Waals surface area contributed by atoms with E-state index in [0.717, 1.165) is 37.0 Å². The van der Waals surface area contributed by atoms with Gasteiger partial charge in [-0.2, -0.15) is 5.10 Å². The molecule has 4 fully saturated rings. The molecule has 1 aromatic rings. The molecule has 4 bridgehead atoms. The number of non-ortho nitro benzene ring substituents is 1. The molecule has 138 valence electrons. The average molecular weight is 357 g/mol. The largest absolute Gasteiger partial charge is 0.507 e. The Morgan fingerprint density at radius 1 is 1.27 bits per heavy atom. The van der Waals surface area contributed by atoms with Gasteiger partial charge in [-0.15, -0.1) is 0 Å². The number of carbonyl (C=O) groups is 1. The first-order valence-corrected chi connectivity index (χ1v) is 9.22. The van der Waals surface area contributed by atoms with Crippen LogP contribution >= 0.6 is 0 Å². The van der Waals surface area contributed by atoms with Crippen molar-refractivity contribution in [1.29, 1.82) is 0 Å². The van der Waals surface area contributed by atoms with Gasteiger partial charge in [0.05, 0.1) is 11.1 Å². The monoisotopic (exact) mass is 357 g/mol. The minimum atomic E-state index is -0.539. The van der Waals surface area contributed by atoms with Crippen molar-refractivity contribution in [2.75, 3.05) is 0 Å². The molecule has 26 heavy (non-hydrogen) atoms. The number of nitrogens with zero attached hydrogens (tertiary/aromatic N) is 2. The summed E-state index contributed by atoms with van der Waals surface area (Å²) in [5.41, 5.74) is 2.74. The summed E-state index contributed by atoms with van der Waals surface area (Å²) in [5, 5.41) is 24.5. The normalized spacial score (nSPS) is 32.1. The Morgan fingerprint density at radius 2 is 1.88 bits per heavy atom. The Hall–Kier alpha value is -2.44. The van der Waals surface area contributed by atoms with Crippen LogP contribution in [-0.4, -0.2) is 22.2 Å². The maximum Gasteiger partial charge on any atom is 0.270 e. The number of benzene rings is 1. The lowest BCUT2D eigenvalue weighted by atomic mass is 9.49. The minimum absolute atomic E-state index is 0.116. The number of amides is 1. The number of hydrazone groups is 1. The number of phenolic OH excluding ortho intramolecular Hbond substituents is 1. The van der Waals surface area contributed by atoms with E-state index in [9.17, 15) is 20.0 Å². The number of phenols is 1. The molecule has 7 nitrogen and oxygen atoms in total. The van der Waals surface area contributed by atoms with Crippen LogP contribution < -0.4 is 5.43 Å². The molecule has 0 atom stereocenters. The van der Waals surface area contributed by atoms with E-state index in [1.807, 2.05) is 0 Å². The zero-order valence-electron chi connectivity index (χ0n) is 14.6. The molecule has 0 aromatic heterocycles. The van der Waals surface area contributed by atoms with Crippen LogP contribution in [0.3, 0.4) is 0 Å². The van der Waals surface area contributed by atoms with E-state index < -0.39 is 4.92 Å². The number of hydrogen-bond donors (Lipinski definition) is 2. The van der Waals surface area contributed by atoms with Crippen LogP contribution in [0, 0.1) is 33.3 Å². The molecule has 4 aliphatic carbocycles. The lowest BCUT2D eigenvalue weighted by molar-refractivity contribution is -0.384. The van der Waals surface area contributed by atoms with Crippen LogP contribution in [0.1, 0.15) is 50.5 Å². The fourth-order valence-electron chi connectivity index (χ4n) is 5.82. The van der Waals surface area contributed by atoms with Crippen molar-refractivity contribution in [1.82, 2.24) is 5.43 Å². The number of nitro groups is 1. The highest BCUT2D eigenvalue weighted by atomic mass is 16.6. The van der Waals surface area contributed by atoms with E-state index in [1.54, 1.807) is 0 Å². The smallest absolute Gasteiger partial charge is 0.270 e. The second-order valence-electron chi connectivity index (χ2n) is 8.39. The number of carbonyl (C=O) groups excluding carboxylic acids is 1. The second-order valence-corrected chi connectivity index (χ2v) is 8.39. The molecule has 0 heterocycles. The first kappa shape index (κ1) is 17.0. The van der Waals surface area contributed by atoms with Gasteiger partial charge in [-0.1, -0.05) is 0 Å². The molecule has 2 N–H and O–H groups in total. The maximum atomic E-state index is 12.4. The lowest BCUT2D eigenvalue weighted by Crippen LogP contribution is -2.47. The van der Waals surface area contributed by atoms with E-state index in [1.165, 1.54) is 43.7 Å². The van der Waals surface area contributed by atoms with E-state index in [0.29, 0.717) is 6.42 Å². The fraction of sp³-hybridized carbons (Fsp3) is 0.579. The van der Waals surface area contributed by atoms with Crippen LogP contribution in [0.25, 0.3) is 0 Å². The maximum absolute atomic E-state index is 12.4. The van der Waals surface area contributed by atoms with Gasteiger partial charge in [-0.05, 0) is 67.8 Å². The van der Waals surface area contributed by atoms with Gasteiger partial charge >= 0.3 is 0 Å². The molecule has 0 aliphatic heterocycles. The molecule has 1 amide bonds. The molecule has 1 aromatic carbocycles. The highest BCUT2D eigenvalue weighted by Gasteiger charge is 2.51. The molecular weight excluding hydrogens is 334 g/mol. The van der Waals surface area contributed by atoms with Gasteiger partial charge in [0.15, 0.2) is 0 Å². The third-order valence-electron chi connectivity index (χ3n) is 6.32. The Bertz CT molecular complexity index is 739. The molecule has 4 aliphatic rings. The average Bonchev–Trinajstić information content (AvgIpc) is 2.54. The molecule has 0 unspecified atom stereocenters. The van der Waals surface area contributed by atoms with Crippen molar-refractivity contribution < 1.29 is 14.8 Å². The predicted octanol–water partition coefficient (Wildman–Crippen LogP) is 3.36. The third-order valence-corrected chi connectivity index (χ3v) is 6.32. The van der Waals surface area contributed by atoms with Gasteiger partial charge < -0.3 is 5.11 Å². The molecule has 0 radical (unpaired) electrons. The van der Waals surface area contributed by atoms with Crippen LogP contribution in [0.2, 0.25) is 0 Å². The Morgan fingerprint density at radius 3 is 2.46 bits per heavy atom. The molecule has 0 spiro atoms. The van der Waals surface area contributed by atoms with Crippen molar-refractivity contribution in [2.45, 2.75) is 44.9 Å². The van der Waals surface area contributed by atoms with Crippen molar-refractivity contribution >= 4 is 17.8 Å². The summed E-state index contributed by atoms with van der Waals surface area (Å²) in [4.78, 5) is 22.7. The van der Waals surface area contributed by atoms with Crippen LogP contribution in [0.4, 0.5) is 5.69 Å². The Balaban J connectivity index is 1.38. The van der Waals surface area contributed by atoms with Gasteiger partial charge in [0.2, 0.25) is 5.91 Å². The third kappa shape index (κ3) is 3.30. The fourth-order valence-corrected chi connectivity index (χ4v) is 5.82. The van der Waals surface area contributed by atoms with Crippen LogP contribution in [0.5, 0.6) is 5.75 Å². The first-order chi connectivity index (χ1) is 12.4. The summed E-state index contributed by atoms with van der Waals surface area (Å²) in [6.45, 7) is 0. The number of hydrogen-bond acceptors (Lipinski definition) is 5. The Labute approximate surface area is 151 Å². The molecule has 7 heteroatoms. The first-order valence-electron chi connectivity index (χ1n) is 9.22. The van der Waals surface area contributed by atoms with E-state index >= 15 is 0 Å². The molecular formula is C19H23N3O4. The van der Waals surface area contributed by atoms with E-state index in [2.05, 4.69) is 10.5 Å². The number of nitrogens with one attached hydrogen (secondary N) is 1. The van der Waals surface area contributed by atoms with Crippen molar-refractivity contribution in [3.8, 4) is 5.75 Å². The van der Waals surface area contributed by atoms with Gasteiger partial charge in [0.25, 0.3) is 5.69 Å². The van der Waals surface area contributed by atoms with Gasteiger partial charge in [0.1, 0.15) is 5.75 Å². The van der Waals surface area contributed by atoms with E-state index in [-0.39, 0.29) is 28.3 Å². The second kappa shape index (κ2) is 6.37. The quantitative estimate of drug-likeness (QED) is 0.479. The van der Waals surface area contributed by atoms with Crippen molar-refractivity contribution in [3.05, 3.63) is 33.9 Å². The van der Waals surface area contributed by atoms with Crippen molar-refractivity contribution in [2.24, 2.45) is 28.3 Å². The predicted molar refractivity (Wildman–Crippen MR) is 95.7 cm³/mol. The summed E-state index contributed by atoms with van der Waals surface area (Å²) in [5.74, 6) is 2.14. The zero-order chi connectivity index (χ0) is 18.3. The summed E-state index contributed by atoms with van der Waals surface area (Å²) in [7, 11) is 0. The minimum Gasteiger partial charge on any atom is -0.507 e. The van der Waals surface area contributed by atoms with Crippen molar-refractivity contribution in [3.63, 3.8) is 0 Å². The summed E-state index contributed by atoms with van der Waals surface area (Å²) >= 11 is 0. The molecule has 4 saturated carbocycles. The number of nitro benzene ring substituents is 1. The number of rotatable bonds is 5. The highest BCUT2D eigenvalue weighted by Crippen LogP contribution is 2.61. The standard InChI is InChI=1S/C19H23N3O4/c23-17-2-1-16(22(25)26)6-15(17)11-20-21-18(24)10-19-7-12-3-13(8-19)5-14(4-12)9-19/h1-2,6,11-14,23H,3-5,7-10H2,(H,21,24)/b20-11-. The molecule has 5 rings (SSSR count). The van der Waals surface area contributed by atoms with Crippen LogP contribution in [-0.2, 0) is 4.79 Å². The topological polar surface area (TPSA) is 105 Å². The van der Waals surface area contributed by atoms with Crippen LogP contribution in [0.15, 0.2) is 23.3 Å². The zero-order valence-corrected chi connectivity index (χ0v) is 14.6.